The summed E-state index contributed by atoms with van der Waals surface area (Å²) in [6, 6.07) is 7.03. The highest BCUT2D eigenvalue weighted by atomic mass is 79.9. The first-order valence-electron chi connectivity index (χ1n) is 6.49. The van der Waals surface area contributed by atoms with Crippen molar-refractivity contribution in [2.75, 3.05) is 26.2 Å². The van der Waals surface area contributed by atoms with Crippen LogP contribution in [0.15, 0.2) is 33.6 Å². The Morgan fingerprint density at radius 1 is 1.25 bits per heavy atom. The van der Waals surface area contributed by atoms with Crippen LogP contribution in [0, 0.1) is 5.41 Å². The van der Waals surface area contributed by atoms with Gasteiger partial charge in [-0.1, -0.05) is 12.1 Å². The van der Waals surface area contributed by atoms with Crippen LogP contribution in [0.4, 0.5) is 0 Å². The first-order chi connectivity index (χ1) is 9.04. The van der Waals surface area contributed by atoms with Crippen LogP contribution < -0.4 is 5.32 Å². The van der Waals surface area contributed by atoms with E-state index in [0.717, 1.165) is 25.9 Å². The second kappa shape index (κ2) is 5.93. The van der Waals surface area contributed by atoms with Crippen LogP contribution in [0.3, 0.4) is 0 Å². The van der Waals surface area contributed by atoms with Gasteiger partial charge in [-0.25, -0.2) is 8.42 Å². The van der Waals surface area contributed by atoms with Gasteiger partial charge >= 0.3 is 0 Å². The van der Waals surface area contributed by atoms with Gasteiger partial charge in [-0.05, 0) is 52.9 Å². The Kier molecular flexibility index (Phi) is 4.81. The summed E-state index contributed by atoms with van der Waals surface area (Å²) < 4.78 is 27.6. The molecule has 7 heteroatoms. The van der Waals surface area contributed by atoms with Crippen LogP contribution in [0.2, 0.25) is 0 Å². The molecule has 1 spiro atoms. The average Bonchev–Trinajstić information content (AvgIpc) is 3.01. The molecule has 112 valence electrons. The third kappa shape index (κ3) is 2.76. The number of nitrogens with one attached hydrogen (secondary N) is 1. The van der Waals surface area contributed by atoms with Crippen molar-refractivity contribution in [2.24, 2.45) is 5.41 Å². The maximum Gasteiger partial charge on any atom is 0.244 e. The summed E-state index contributed by atoms with van der Waals surface area (Å²) in [6.45, 7) is 3.22. The van der Waals surface area contributed by atoms with Gasteiger partial charge in [-0.2, -0.15) is 4.31 Å². The third-order valence-electron chi connectivity index (χ3n) is 4.19. The molecule has 1 atom stereocenters. The minimum atomic E-state index is -3.37. The molecule has 0 bridgehead atoms. The Labute approximate surface area is 134 Å². The first-order valence-corrected chi connectivity index (χ1v) is 8.72. The Bertz CT molecular complexity index is 588. The first kappa shape index (κ1) is 16.2. The number of benzene rings is 1. The van der Waals surface area contributed by atoms with Gasteiger partial charge in [0.25, 0.3) is 0 Å². The van der Waals surface area contributed by atoms with E-state index in [1.54, 1.807) is 22.5 Å². The predicted octanol–water partition coefficient (Wildman–Crippen LogP) is 2.25. The molecular weight excluding hydrogens is 364 g/mol. The summed E-state index contributed by atoms with van der Waals surface area (Å²) in [5, 5.41) is 3.35. The van der Waals surface area contributed by atoms with Gasteiger partial charge in [0, 0.05) is 24.1 Å². The van der Waals surface area contributed by atoms with Gasteiger partial charge in [-0.3, -0.25) is 0 Å². The van der Waals surface area contributed by atoms with Crippen molar-refractivity contribution < 1.29 is 8.42 Å². The van der Waals surface area contributed by atoms with Crippen LogP contribution >= 0.6 is 28.3 Å². The van der Waals surface area contributed by atoms with Crippen LogP contribution in [0.25, 0.3) is 0 Å². The van der Waals surface area contributed by atoms with Crippen molar-refractivity contribution in [3.05, 3.63) is 28.7 Å². The molecule has 2 aliphatic heterocycles. The fourth-order valence-electron chi connectivity index (χ4n) is 3.04. The summed E-state index contributed by atoms with van der Waals surface area (Å²) >= 11 is 3.34. The topological polar surface area (TPSA) is 49.4 Å². The zero-order chi connectivity index (χ0) is 13.5. The third-order valence-corrected chi connectivity index (χ3v) is 7.05. The molecule has 4 nitrogen and oxygen atoms in total. The molecule has 1 N–H and O–H groups in total. The van der Waals surface area contributed by atoms with Crippen molar-refractivity contribution in [3.8, 4) is 0 Å². The lowest BCUT2D eigenvalue weighted by atomic mass is 9.87. The van der Waals surface area contributed by atoms with Crippen molar-refractivity contribution in [1.82, 2.24) is 9.62 Å². The lowest BCUT2D eigenvalue weighted by molar-refractivity contribution is 0.338. The van der Waals surface area contributed by atoms with Gasteiger partial charge in [-0.15, -0.1) is 12.4 Å². The smallest absolute Gasteiger partial charge is 0.244 e. The molecule has 2 heterocycles. The van der Waals surface area contributed by atoms with E-state index in [-0.39, 0.29) is 17.8 Å². The van der Waals surface area contributed by atoms with Gasteiger partial charge < -0.3 is 5.32 Å². The Balaban J connectivity index is 0.00000147. The Morgan fingerprint density at radius 2 is 2.00 bits per heavy atom. The lowest BCUT2D eigenvalue weighted by Gasteiger charge is -2.22. The summed E-state index contributed by atoms with van der Waals surface area (Å²) in [5.41, 5.74) is 0.161. The normalized spacial score (nSPS) is 26.9. The van der Waals surface area contributed by atoms with Crippen LogP contribution in [-0.4, -0.2) is 38.9 Å². The summed E-state index contributed by atoms with van der Waals surface area (Å²) in [6.07, 6.45) is 2.04. The van der Waals surface area contributed by atoms with Gasteiger partial charge in [0.1, 0.15) is 0 Å². The molecule has 1 aromatic carbocycles. The number of hydrogen-bond acceptors (Lipinski definition) is 3. The molecule has 0 amide bonds. The Morgan fingerprint density at radius 3 is 2.65 bits per heavy atom. The molecule has 1 aromatic rings. The number of sulfonamides is 1. The highest BCUT2D eigenvalue weighted by Gasteiger charge is 2.44. The predicted molar refractivity (Wildman–Crippen MR) is 84.7 cm³/mol. The van der Waals surface area contributed by atoms with E-state index < -0.39 is 10.0 Å². The van der Waals surface area contributed by atoms with Crippen molar-refractivity contribution in [3.63, 3.8) is 0 Å². The molecule has 0 saturated carbocycles. The molecule has 2 fully saturated rings. The van der Waals surface area contributed by atoms with Crippen LogP contribution in [-0.2, 0) is 10.0 Å². The summed E-state index contributed by atoms with van der Waals surface area (Å²) in [5.74, 6) is 0. The quantitative estimate of drug-likeness (QED) is 0.855. The van der Waals surface area contributed by atoms with E-state index in [1.807, 2.05) is 6.07 Å². The van der Waals surface area contributed by atoms with E-state index >= 15 is 0 Å². The molecule has 0 radical (unpaired) electrons. The van der Waals surface area contributed by atoms with E-state index in [1.165, 1.54) is 0 Å². The van der Waals surface area contributed by atoms with E-state index in [9.17, 15) is 8.42 Å². The van der Waals surface area contributed by atoms with Crippen molar-refractivity contribution in [2.45, 2.75) is 17.7 Å². The average molecular weight is 382 g/mol. The SMILES string of the molecule is Cl.O=S(=O)(c1ccccc1Br)N1CCC2(CCNC2)C1. The second-order valence-electron chi connectivity index (χ2n) is 5.45. The van der Waals surface area contributed by atoms with Gasteiger partial charge in [0.2, 0.25) is 10.0 Å². The molecule has 0 aromatic heterocycles. The van der Waals surface area contributed by atoms with Crippen LogP contribution in [0.1, 0.15) is 12.8 Å². The molecule has 2 saturated heterocycles. The number of halogens is 2. The fourth-order valence-corrected chi connectivity index (χ4v) is 5.55. The molecular formula is C13H18BrClN2O2S. The maximum atomic E-state index is 12.7. The monoisotopic (exact) mass is 380 g/mol. The molecule has 0 aliphatic carbocycles. The van der Waals surface area contributed by atoms with Gasteiger partial charge in [0.15, 0.2) is 0 Å². The molecule has 1 unspecified atom stereocenters. The molecule has 2 aliphatic rings. The zero-order valence-electron chi connectivity index (χ0n) is 11.0. The van der Waals surface area contributed by atoms with Crippen LogP contribution in [0.5, 0.6) is 0 Å². The minimum absolute atomic E-state index is 0. The standard InChI is InChI=1S/C13H17BrN2O2S.ClH/c14-11-3-1-2-4-12(11)19(17,18)16-8-6-13(10-16)5-7-15-9-13;/h1-4,15H,5-10H2;1H. The second-order valence-corrected chi connectivity index (χ2v) is 8.21. The molecule has 20 heavy (non-hydrogen) atoms. The van der Waals surface area contributed by atoms with Gasteiger partial charge in [0.05, 0.1) is 4.90 Å². The highest BCUT2D eigenvalue weighted by Crippen LogP contribution is 2.39. The number of nitrogens with zero attached hydrogens (tertiary/aromatic N) is 1. The summed E-state index contributed by atoms with van der Waals surface area (Å²) in [7, 11) is -3.37. The largest absolute Gasteiger partial charge is 0.316 e. The maximum absolute atomic E-state index is 12.7. The van der Waals surface area contributed by atoms with E-state index in [2.05, 4.69) is 21.2 Å². The van der Waals surface area contributed by atoms with E-state index in [4.69, 9.17) is 0 Å². The Hall–Kier alpha value is -0.140. The van der Waals surface area contributed by atoms with Crippen molar-refractivity contribution in [1.29, 1.82) is 0 Å². The lowest BCUT2D eigenvalue weighted by Crippen LogP contribution is -2.33. The summed E-state index contributed by atoms with van der Waals surface area (Å²) in [4.78, 5) is 0.373. The van der Waals surface area contributed by atoms with E-state index in [0.29, 0.717) is 22.5 Å². The molecule has 3 rings (SSSR count). The van der Waals surface area contributed by atoms with Crippen molar-refractivity contribution >= 4 is 38.4 Å². The minimum Gasteiger partial charge on any atom is -0.316 e. The zero-order valence-corrected chi connectivity index (χ0v) is 14.2. The fraction of sp³-hybridized carbons (Fsp3) is 0.538. The number of hydrogen-bond donors (Lipinski definition) is 1. The number of rotatable bonds is 2. The highest BCUT2D eigenvalue weighted by molar-refractivity contribution is 9.10.